The summed E-state index contributed by atoms with van der Waals surface area (Å²) in [4.78, 5) is 31.8. The van der Waals surface area contributed by atoms with Gasteiger partial charge in [0.2, 0.25) is 5.91 Å². The lowest BCUT2D eigenvalue weighted by Gasteiger charge is -2.07. The van der Waals surface area contributed by atoms with Crippen LogP contribution in [0.25, 0.3) is 11.0 Å². The van der Waals surface area contributed by atoms with Gasteiger partial charge < -0.3 is 15.6 Å². The van der Waals surface area contributed by atoms with Crippen molar-refractivity contribution in [2.75, 3.05) is 10.6 Å². The fourth-order valence-corrected chi connectivity index (χ4v) is 3.79. The molecule has 0 radical (unpaired) electrons. The van der Waals surface area contributed by atoms with Crippen LogP contribution < -0.4 is 10.6 Å². The molecule has 0 bridgehead atoms. The molecule has 0 spiro atoms. The number of fused-ring (bicyclic) bond motifs is 1. The number of anilines is 2. The SMILES string of the molecule is CC(=O)Nc1ccc(CCc2nc3ccc(C(=O)Nc4cc(C)cc(C)c4)cc3[nH]2)cc1. The molecule has 1 heterocycles. The number of benzene rings is 3. The van der Waals surface area contributed by atoms with Crippen LogP contribution in [0, 0.1) is 13.8 Å². The van der Waals surface area contributed by atoms with Gasteiger partial charge in [0.25, 0.3) is 5.91 Å². The quantitative estimate of drug-likeness (QED) is 0.397. The van der Waals surface area contributed by atoms with E-state index in [1.165, 1.54) is 6.92 Å². The van der Waals surface area contributed by atoms with E-state index in [4.69, 9.17) is 0 Å². The van der Waals surface area contributed by atoms with E-state index in [1.807, 2.05) is 62.4 Å². The second kappa shape index (κ2) is 9.06. The number of aromatic amines is 1. The van der Waals surface area contributed by atoms with Crippen molar-refractivity contribution in [2.45, 2.75) is 33.6 Å². The first-order valence-electron chi connectivity index (χ1n) is 10.6. The maximum atomic E-state index is 12.7. The van der Waals surface area contributed by atoms with E-state index in [0.29, 0.717) is 5.56 Å². The van der Waals surface area contributed by atoms with Crippen LogP contribution in [0.15, 0.2) is 60.7 Å². The van der Waals surface area contributed by atoms with Gasteiger partial charge in [-0.05, 0) is 79.4 Å². The predicted molar refractivity (Wildman–Crippen MR) is 128 cm³/mol. The molecule has 2 amide bonds. The highest BCUT2D eigenvalue weighted by atomic mass is 16.2. The molecular weight excluding hydrogens is 400 g/mol. The normalized spacial score (nSPS) is 10.8. The Bertz CT molecular complexity index is 1270. The highest BCUT2D eigenvalue weighted by Crippen LogP contribution is 2.19. The van der Waals surface area contributed by atoms with Crippen LogP contribution in [-0.4, -0.2) is 21.8 Å². The Morgan fingerprint density at radius 2 is 1.56 bits per heavy atom. The zero-order valence-electron chi connectivity index (χ0n) is 18.5. The second-order valence-corrected chi connectivity index (χ2v) is 8.12. The van der Waals surface area contributed by atoms with Crippen molar-refractivity contribution < 1.29 is 9.59 Å². The highest BCUT2D eigenvalue weighted by molar-refractivity contribution is 6.06. The molecule has 6 nitrogen and oxygen atoms in total. The summed E-state index contributed by atoms with van der Waals surface area (Å²) in [7, 11) is 0. The number of rotatable bonds is 6. The first-order chi connectivity index (χ1) is 15.4. The average molecular weight is 427 g/mol. The van der Waals surface area contributed by atoms with Crippen LogP contribution >= 0.6 is 0 Å². The number of aryl methyl sites for hydroxylation is 4. The van der Waals surface area contributed by atoms with Crippen molar-refractivity contribution in [2.24, 2.45) is 0 Å². The number of hydrogen-bond donors (Lipinski definition) is 3. The number of nitrogens with zero attached hydrogens (tertiary/aromatic N) is 1. The van der Waals surface area contributed by atoms with Crippen LogP contribution in [0.1, 0.15) is 39.8 Å². The minimum absolute atomic E-state index is 0.0814. The second-order valence-electron chi connectivity index (χ2n) is 8.12. The summed E-state index contributed by atoms with van der Waals surface area (Å²) in [6, 6.07) is 19.3. The molecule has 3 N–H and O–H groups in total. The summed E-state index contributed by atoms with van der Waals surface area (Å²) < 4.78 is 0. The zero-order valence-corrected chi connectivity index (χ0v) is 18.5. The first-order valence-corrected chi connectivity index (χ1v) is 10.6. The molecule has 4 rings (SSSR count). The topological polar surface area (TPSA) is 86.9 Å². The lowest BCUT2D eigenvalue weighted by molar-refractivity contribution is -0.114. The number of imidazole rings is 1. The Hall–Kier alpha value is -3.93. The smallest absolute Gasteiger partial charge is 0.255 e. The van der Waals surface area contributed by atoms with Crippen molar-refractivity contribution in [3.8, 4) is 0 Å². The van der Waals surface area contributed by atoms with E-state index in [9.17, 15) is 9.59 Å². The van der Waals surface area contributed by atoms with E-state index in [2.05, 4.69) is 26.7 Å². The zero-order chi connectivity index (χ0) is 22.7. The monoisotopic (exact) mass is 426 g/mol. The molecule has 0 aliphatic heterocycles. The molecule has 32 heavy (non-hydrogen) atoms. The summed E-state index contributed by atoms with van der Waals surface area (Å²) in [5, 5.41) is 5.74. The van der Waals surface area contributed by atoms with Gasteiger partial charge in [-0.3, -0.25) is 9.59 Å². The third-order valence-corrected chi connectivity index (χ3v) is 5.20. The van der Waals surface area contributed by atoms with Gasteiger partial charge in [0, 0.05) is 30.3 Å². The molecule has 0 atom stereocenters. The summed E-state index contributed by atoms with van der Waals surface area (Å²) in [6.45, 7) is 5.52. The van der Waals surface area contributed by atoms with E-state index in [1.54, 1.807) is 6.07 Å². The van der Waals surface area contributed by atoms with Crippen LogP contribution in [0.3, 0.4) is 0 Å². The molecule has 0 saturated carbocycles. The molecule has 1 aromatic heterocycles. The number of aromatic nitrogens is 2. The molecule has 3 aromatic carbocycles. The fraction of sp³-hybridized carbons (Fsp3) is 0.192. The maximum absolute atomic E-state index is 12.7. The van der Waals surface area contributed by atoms with Crippen LogP contribution in [0.5, 0.6) is 0 Å². The van der Waals surface area contributed by atoms with Crippen molar-refractivity contribution in [1.29, 1.82) is 0 Å². The third kappa shape index (κ3) is 5.21. The van der Waals surface area contributed by atoms with Gasteiger partial charge in [0.05, 0.1) is 11.0 Å². The summed E-state index contributed by atoms with van der Waals surface area (Å²) >= 11 is 0. The molecular formula is C26H26N4O2. The fourth-order valence-electron chi connectivity index (χ4n) is 3.79. The largest absolute Gasteiger partial charge is 0.342 e. The van der Waals surface area contributed by atoms with Gasteiger partial charge in [-0.25, -0.2) is 4.98 Å². The predicted octanol–water partition coefficient (Wildman–Crippen LogP) is 5.18. The van der Waals surface area contributed by atoms with Crippen molar-refractivity contribution >= 4 is 34.2 Å². The Labute approximate surface area is 187 Å². The minimum atomic E-state index is -0.146. The maximum Gasteiger partial charge on any atom is 0.255 e. The van der Waals surface area contributed by atoms with Crippen LogP contribution in [0.2, 0.25) is 0 Å². The van der Waals surface area contributed by atoms with Gasteiger partial charge >= 0.3 is 0 Å². The number of carbonyl (C=O) groups excluding carboxylic acids is 2. The third-order valence-electron chi connectivity index (χ3n) is 5.20. The molecule has 6 heteroatoms. The summed E-state index contributed by atoms with van der Waals surface area (Å²) in [5.41, 5.74) is 7.22. The highest BCUT2D eigenvalue weighted by Gasteiger charge is 2.10. The van der Waals surface area contributed by atoms with Crippen molar-refractivity contribution in [3.63, 3.8) is 0 Å². The number of nitrogens with one attached hydrogen (secondary N) is 3. The van der Waals surface area contributed by atoms with Gasteiger partial charge in [-0.2, -0.15) is 0 Å². The number of amides is 2. The Morgan fingerprint density at radius 1 is 0.844 bits per heavy atom. The number of carbonyl (C=O) groups is 2. The lowest BCUT2D eigenvalue weighted by atomic mass is 10.1. The molecule has 0 unspecified atom stereocenters. The van der Waals surface area contributed by atoms with Crippen LogP contribution in [0.4, 0.5) is 11.4 Å². The van der Waals surface area contributed by atoms with Gasteiger partial charge in [0.1, 0.15) is 5.82 Å². The van der Waals surface area contributed by atoms with E-state index >= 15 is 0 Å². The lowest BCUT2D eigenvalue weighted by Crippen LogP contribution is -2.12. The molecule has 4 aromatic rings. The molecule has 0 saturated heterocycles. The van der Waals surface area contributed by atoms with E-state index in [-0.39, 0.29) is 11.8 Å². The van der Waals surface area contributed by atoms with Gasteiger partial charge in [-0.1, -0.05) is 18.2 Å². The van der Waals surface area contributed by atoms with E-state index in [0.717, 1.165) is 57.8 Å². The Balaban J connectivity index is 1.43. The van der Waals surface area contributed by atoms with E-state index < -0.39 is 0 Å². The molecule has 162 valence electrons. The Morgan fingerprint density at radius 3 is 2.25 bits per heavy atom. The van der Waals surface area contributed by atoms with Crippen molar-refractivity contribution in [3.05, 3.63) is 88.7 Å². The van der Waals surface area contributed by atoms with Gasteiger partial charge in [-0.15, -0.1) is 0 Å². The van der Waals surface area contributed by atoms with Gasteiger partial charge in [0.15, 0.2) is 0 Å². The standard InChI is InChI=1S/C26H26N4O2/c1-16-12-17(2)14-22(13-16)28-26(32)20-7-10-23-24(15-20)30-25(29-23)11-6-19-4-8-21(9-5-19)27-18(3)31/h4-5,7-10,12-15H,6,11H2,1-3H3,(H,27,31)(H,28,32)(H,29,30). The average Bonchev–Trinajstić information content (AvgIpc) is 3.14. The summed E-state index contributed by atoms with van der Waals surface area (Å²) in [6.07, 6.45) is 1.57. The number of hydrogen-bond acceptors (Lipinski definition) is 3. The molecule has 0 fully saturated rings. The van der Waals surface area contributed by atoms with Crippen LogP contribution in [-0.2, 0) is 17.6 Å². The number of H-pyrrole nitrogens is 1. The molecule has 0 aliphatic rings. The summed E-state index contributed by atoms with van der Waals surface area (Å²) in [5.74, 6) is 0.646. The van der Waals surface area contributed by atoms with Crippen molar-refractivity contribution in [1.82, 2.24) is 9.97 Å². The molecule has 0 aliphatic carbocycles. The Kier molecular flexibility index (Phi) is 6.03. The minimum Gasteiger partial charge on any atom is -0.342 e. The first kappa shape index (κ1) is 21.3.